The Bertz CT molecular complexity index is 328. The van der Waals surface area contributed by atoms with Crippen molar-refractivity contribution in [2.24, 2.45) is 5.10 Å². The van der Waals surface area contributed by atoms with Crippen molar-refractivity contribution in [1.29, 1.82) is 5.41 Å². The molecular weight excluding hydrogens is 226 g/mol. The number of hydrazone groups is 1. The van der Waals surface area contributed by atoms with Gasteiger partial charge in [0, 0.05) is 5.75 Å². The lowest BCUT2D eigenvalue weighted by Gasteiger charge is -2.23. The summed E-state index contributed by atoms with van der Waals surface area (Å²) in [6.45, 7) is 6.23. The predicted molar refractivity (Wildman–Crippen MR) is 65.8 cm³/mol. The van der Waals surface area contributed by atoms with E-state index in [2.05, 4.69) is 11.7 Å². The van der Waals surface area contributed by atoms with E-state index in [1.165, 1.54) is 16.8 Å². The summed E-state index contributed by atoms with van der Waals surface area (Å²) in [4.78, 5) is 11.3. The van der Waals surface area contributed by atoms with Gasteiger partial charge in [0.2, 0.25) is 0 Å². The van der Waals surface area contributed by atoms with Gasteiger partial charge in [-0.15, -0.1) is 6.58 Å². The molecule has 0 bridgehead atoms. The molecule has 0 radical (unpaired) electrons. The second-order valence-corrected chi connectivity index (χ2v) is 4.08. The summed E-state index contributed by atoms with van der Waals surface area (Å²) in [5.41, 5.74) is 0.737. The van der Waals surface area contributed by atoms with Crippen LogP contribution in [0.4, 0.5) is 0 Å². The van der Waals surface area contributed by atoms with Gasteiger partial charge in [0.05, 0.1) is 25.3 Å². The second kappa shape index (κ2) is 6.32. The van der Waals surface area contributed by atoms with Gasteiger partial charge in [0.1, 0.15) is 0 Å². The fourth-order valence-corrected chi connectivity index (χ4v) is 1.91. The highest BCUT2D eigenvalue weighted by Crippen LogP contribution is 2.16. The van der Waals surface area contributed by atoms with Crippen LogP contribution in [0.15, 0.2) is 17.8 Å². The van der Waals surface area contributed by atoms with Crippen LogP contribution < -0.4 is 0 Å². The summed E-state index contributed by atoms with van der Waals surface area (Å²) in [6, 6.07) is 0. The zero-order chi connectivity index (χ0) is 12.0. The molecule has 0 aromatic heterocycles. The van der Waals surface area contributed by atoms with E-state index >= 15 is 0 Å². The second-order valence-electron chi connectivity index (χ2n) is 3.11. The molecule has 16 heavy (non-hydrogen) atoms. The molecule has 6 heteroatoms. The first-order valence-corrected chi connectivity index (χ1v) is 5.97. The highest BCUT2D eigenvalue weighted by atomic mass is 32.2. The lowest BCUT2D eigenvalue weighted by Crippen LogP contribution is -2.31. The molecule has 1 rings (SSSR count). The topological polar surface area (TPSA) is 65.8 Å². The molecule has 0 fully saturated rings. The highest BCUT2D eigenvalue weighted by molar-refractivity contribution is 8.14. The number of amidine groups is 1. The van der Waals surface area contributed by atoms with Gasteiger partial charge in [0.15, 0.2) is 5.17 Å². The van der Waals surface area contributed by atoms with E-state index in [1.54, 1.807) is 13.0 Å². The van der Waals surface area contributed by atoms with Crippen molar-refractivity contribution < 1.29 is 9.53 Å². The van der Waals surface area contributed by atoms with Gasteiger partial charge < -0.3 is 4.74 Å². The van der Waals surface area contributed by atoms with E-state index in [9.17, 15) is 4.79 Å². The maximum atomic E-state index is 11.3. The molecule has 1 heterocycles. The molecule has 5 nitrogen and oxygen atoms in total. The van der Waals surface area contributed by atoms with Crippen molar-refractivity contribution in [2.75, 3.05) is 18.9 Å². The number of nitrogens with one attached hydrogen (secondary N) is 1. The normalized spacial score (nSPS) is 15.7. The van der Waals surface area contributed by atoms with E-state index < -0.39 is 0 Å². The largest absolute Gasteiger partial charge is 0.466 e. The van der Waals surface area contributed by atoms with E-state index in [-0.39, 0.29) is 12.4 Å². The Morgan fingerprint density at radius 3 is 3.19 bits per heavy atom. The molecule has 0 atom stereocenters. The van der Waals surface area contributed by atoms with Crippen molar-refractivity contribution in [3.63, 3.8) is 0 Å². The third kappa shape index (κ3) is 3.69. The summed E-state index contributed by atoms with van der Waals surface area (Å²) in [5, 5.41) is 13.7. The lowest BCUT2D eigenvalue weighted by atomic mass is 10.3. The quantitative estimate of drug-likeness (QED) is 0.584. The summed E-state index contributed by atoms with van der Waals surface area (Å²) in [7, 11) is 0. The molecule has 0 aromatic carbocycles. The number of esters is 1. The maximum Gasteiger partial charge on any atom is 0.311 e. The highest BCUT2D eigenvalue weighted by Gasteiger charge is 2.19. The third-order valence-electron chi connectivity index (χ3n) is 1.83. The zero-order valence-corrected chi connectivity index (χ0v) is 10.0. The van der Waals surface area contributed by atoms with Gasteiger partial charge in [-0.1, -0.05) is 17.8 Å². The summed E-state index contributed by atoms with van der Waals surface area (Å²) in [6.07, 6.45) is 1.87. The van der Waals surface area contributed by atoms with Crippen LogP contribution in [0, 0.1) is 5.41 Å². The van der Waals surface area contributed by atoms with Crippen LogP contribution in [0.1, 0.15) is 13.3 Å². The number of hydrogen-bond acceptors (Lipinski definition) is 5. The van der Waals surface area contributed by atoms with Crippen LogP contribution in [0.3, 0.4) is 0 Å². The Morgan fingerprint density at radius 2 is 2.56 bits per heavy atom. The first kappa shape index (κ1) is 12.8. The minimum Gasteiger partial charge on any atom is -0.466 e. The first-order chi connectivity index (χ1) is 7.67. The van der Waals surface area contributed by atoms with Crippen LogP contribution in [0.5, 0.6) is 0 Å². The van der Waals surface area contributed by atoms with Gasteiger partial charge in [-0.2, -0.15) is 5.10 Å². The van der Waals surface area contributed by atoms with Crippen LogP contribution in [-0.4, -0.2) is 40.8 Å². The molecule has 0 saturated carbocycles. The van der Waals surface area contributed by atoms with Crippen LogP contribution >= 0.6 is 11.8 Å². The van der Waals surface area contributed by atoms with E-state index in [0.29, 0.717) is 24.1 Å². The molecule has 1 aliphatic rings. The number of nitrogens with zero attached hydrogens (tertiary/aromatic N) is 2. The molecule has 0 unspecified atom stereocenters. The third-order valence-corrected chi connectivity index (χ3v) is 2.79. The lowest BCUT2D eigenvalue weighted by molar-refractivity contribution is -0.141. The minimum absolute atomic E-state index is 0.196. The van der Waals surface area contributed by atoms with Crippen molar-refractivity contribution in [2.45, 2.75) is 13.3 Å². The van der Waals surface area contributed by atoms with Gasteiger partial charge >= 0.3 is 5.97 Å². The van der Waals surface area contributed by atoms with Crippen molar-refractivity contribution in [3.8, 4) is 0 Å². The van der Waals surface area contributed by atoms with Crippen molar-refractivity contribution in [1.82, 2.24) is 5.01 Å². The number of carbonyl (C=O) groups is 1. The molecule has 88 valence electrons. The number of rotatable bonds is 5. The Hall–Kier alpha value is -1.30. The molecule has 0 saturated heterocycles. The molecule has 1 N–H and O–H groups in total. The van der Waals surface area contributed by atoms with E-state index in [1.807, 2.05) is 0 Å². The Labute approximate surface area is 99.0 Å². The average Bonchev–Trinajstić information content (AvgIpc) is 2.24. The van der Waals surface area contributed by atoms with E-state index in [0.717, 1.165) is 5.71 Å². The fourth-order valence-electron chi connectivity index (χ4n) is 1.18. The molecular formula is C10H15N3O2S. The summed E-state index contributed by atoms with van der Waals surface area (Å²) >= 11 is 1.36. The number of ether oxygens (including phenoxy) is 1. The number of thioether (sulfide) groups is 1. The van der Waals surface area contributed by atoms with Crippen LogP contribution in [-0.2, 0) is 9.53 Å². The van der Waals surface area contributed by atoms with Gasteiger partial charge in [0.25, 0.3) is 0 Å². The predicted octanol–water partition coefficient (Wildman–Crippen LogP) is 1.47. The number of carbonyl (C=O) groups excluding carboxylic acids is 1. The monoisotopic (exact) mass is 241 g/mol. The van der Waals surface area contributed by atoms with Gasteiger partial charge in [-0.05, 0) is 6.92 Å². The number of hydrogen-bond donors (Lipinski definition) is 1. The molecule has 0 aromatic rings. The molecule has 0 amide bonds. The fraction of sp³-hybridized carbons (Fsp3) is 0.500. The van der Waals surface area contributed by atoms with Gasteiger partial charge in [-0.25, -0.2) is 5.01 Å². The Kier molecular flexibility index (Phi) is 5.04. The van der Waals surface area contributed by atoms with Crippen LogP contribution in [0.25, 0.3) is 0 Å². The summed E-state index contributed by atoms with van der Waals surface area (Å²) < 4.78 is 4.85. The SMILES string of the molecule is C=CCN1N=C(CC(=O)OCC)CSC1=N. The van der Waals surface area contributed by atoms with Crippen molar-refractivity contribution in [3.05, 3.63) is 12.7 Å². The van der Waals surface area contributed by atoms with Gasteiger partial charge in [-0.3, -0.25) is 10.2 Å². The molecule has 1 aliphatic heterocycles. The first-order valence-electron chi connectivity index (χ1n) is 4.99. The average molecular weight is 241 g/mol. The molecule has 0 spiro atoms. The van der Waals surface area contributed by atoms with Crippen molar-refractivity contribution >= 4 is 28.6 Å². The minimum atomic E-state index is -0.270. The Morgan fingerprint density at radius 1 is 1.81 bits per heavy atom. The maximum absolute atomic E-state index is 11.3. The summed E-state index contributed by atoms with van der Waals surface area (Å²) in [5.74, 6) is 0.305. The molecule has 0 aliphatic carbocycles. The standard InChI is InChI=1S/C10H15N3O2S/c1-3-5-13-10(11)16-7-8(12-13)6-9(14)15-4-2/h3,11H,1,4-7H2,2H3. The zero-order valence-electron chi connectivity index (χ0n) is 9.23. The Balaban J connectivity index is 2.59. The van der Waals surface area contributed by atoms with Crippen LogP contribution in [0.2, 0.25) is 0 Å². The van der Waals surface area contributed by atoms with E-state index in [4.69, 9.17) is 10.1 Å². The smallest absolute Gasteiger partial charge is 0.311 e.